The summed E-state index contributed by atoms with van der Waals surface area (Å²) in [5, 5.41) is 11.1. The minimum atomic E-state index is -0.545. The SMILES string of the molecule is CCCCc1nc2ccccc2c(=O)n1C1CCN(CC(O)COc2ccccc2)CC1. The monoisotopic (exact) mass is 435 g/mol. The third kappa shape index (κ3) is 5.37. The number of likely N-dealkylation sites (tertiary alicyclic amines) is 1. The molecule has 1 atom stereocenters. The van der Waals surface area contributed by atoms with Crippen molar-refractivity contribution >= 4 is 10.9 Å². The molecule has 6 heteroatoms. The molecule has 3 aromatic rings. The lowest BCUT2D eigenvalue weighted by molar-refractivity contribution is 0.0554. The first-order valence-electron chi connectivity index (χ1n) is 11.7. The zero-order valence-corrected chi connectivity index (χ0v) is 18.8. The lowest BCUT2D eigenvalue weighted by atomic mass is 10.0. The Morgan fingerprint density at radius 3 is 2.56 bits per heavy atom. The van der Waals surface area contributed by atoms with Crippen LogP contribution >= 0.6 is 0 Å². The molecule has 1 saturated heterocycles. The standard InChI is InChI=1S/C26H33N3O3/c1-2-3-13-25-27-24-12-8-7-11-23(24)26(31)29(25)20-14-16-28(17-15-20)18-21(30)19-32-22-9-5-4-6-10-22/h4-12,20-21,30H,2-3,13-19H2,1H3. The van der Waals surface area contributed by atoms with Crippen molar-refractivity contribution in [2.75, 3.05) is 26.2 Å². The largest absolute Gasteiger partial charge is 0.491 e. The number of para-hydroxylation sites is 2. The van der Waals surface area contributed by atoms with Gasteiger partial charge in [0.15, 0.2) is 0 Å². The number of hydrogen-bond donors (Lipinski definition) is 1. The molecule has 0 saturated carbocycles. The Labute approximate surface area is 189 Å². The third-order valence-corrected chi connectivity index (χ3v) is 6.21. The molecular formula is C26H33N3O3. The van der Waals surface area contributed by atoms with Gasteiger partial charge in [-0.3, -0.25) is 9.36 Å². The topological polar surface area (TPSA) is 67.6 Å². The number of β-amino-alcohol motifs (C(OH)–C–C–N with tert-alkyl or cyclic N) is 1. The highest BCUT2D eigenvalue weighted by Gasteiger charge is 2.25. The van der Waals surface area contributed by atoms with Gasteiger partial charge < -0.3 is 14.7 Å². The number of aromatic nitrogens is 2. The predicted molar refractivity (Wildman–Crippen MR) is 127 cm³/mol. The van der Waals surface area contributed by atoms with Crippen molar-refractivity contribution in [3.8, 4) is 5.75 Å². The van der Waals surface area contributed by atoms with Crippen molar-refractivity contribution in [1.29, 1.82) is 0 Å². The summed E-state index contributed by atoms with van der Waals surface area (Å²) >= 11 is 0. The molecule has 32 heavy (non-hydrogen) atoms. The van der Waals surface area contributed by atoms with Crippen LogP contribution in [0, 0.1) is 0 Å². The van der Waals surface area contributed by atoms with Crippen molar-refractivity contribution in [3.05, 3.63) is 70.8 Å². The quantitative estimate of drug-likeness (QED) is 0.554. The Balaban J connectivity index is 1.40. The molecule has 6 nitrogen and oxygen atoms in total. The van der Waals surface area contributed by atoms with Gasteiger partial charge in [0.2, 0.25) is 0 Å². The van der Waals surface area contributed by atoms with Crippen LogP contribution in [0.25, 0.3) is 10.9 Å². The van der Waals surface area contributed by atoms with Gasteiger partial charge in [0.1, 0.15) is 24.3 Å². The van der Waals surface area contributed by atoms with Crippen molar-refractivity contribution < 1.29 is 9.84 Å². The minimum Gasteiger partial charge on any atom is -0.491 e. The number of aryl methyl sites for hydroxylation is 1. The summed E-state index contributed by atoms with van der Waals surface area (Å²) in [7, 11) is 0. The van der Waals surface area contributed by atoms with E-state index in [2.05, 4.69) is 11.8 Å². The molecule has 4 rings (SSSR count). The number of nitrogens with zero attached hydrogens (tertiary/aromatic N) is 3. The predicted octanol–water partition coefficient (Wildman–Crippen LogP) is 3.82. The summed E-state index contributed by atoms with van der Waals surface area (Å²) in [5.41, 5.74) is 0.871. The molecule has 0 radical (unpaired) electrons. The van der Waals surface area contributed by atoms with Gasteiger partial charge in [0.25, 0.3) is 5.56 Å². The van der Waals surface area contributed by atoms with Crippen LogP contribution < -0.4 is 10.3 Å². The van der Waals surface area contributed by atoms with E-state index >= 15 is 0 Å². The van der Waals surface area contributed by atoms with Gasteiger partial charge in [0.05, 0.1) is 10.9 Å². The molecule has 1 fully saturated rings. The highest BCUT2D eigenvalue weighted by molar-refractivity contribution is 5.77. The average molecular weight is 436 g/mol. The Hall–Kier alpha value is -2.70. The number of ether oxygens (including phenoxy) is 1. The third-order valence-electron chi connectivity index (χ3n) is 6.21. The van der Waals surface area contributed by atoms with Crippen LogP contribution in [0.3, 0.4) is 0 Å². The number of rotatable bonds is 9. The van der Waals surface area contributed by atoms with E-state index in [1.807, 2.05) is 59.2 Å². The van der Waals surface area contributed by atoms with E-state index in [-0.39, 0.29) is 18.2 Å². The first kappa shape index (κ1) is 22.5. The first-order chi connectivity index (χ1) is 15.7. The molecule has 0 spiro atoms. The molecular weight excluding hydrogens is 402 g/mol. The summed E-state index contributed by atoms with van der Waals surface area (Å²) in [4.78, 5) is 20.5. The molecule has 1 unspecified atom stereocenters. The van der Waals surface area contributed by atoms with Crippen LogP contribution in [0.15, 0.2) is 59.4 Å². The van der Waals surface area contributed by atoms with E-state index < -0.39 is 6.10 Å². The normalized spacial score (nSPS) is 16.3. The van der Waals surface area contributed by atoms with Gasteiger partial charge in [0, 0.05) is 32.1 Å². The highest BCUT2D eigenvalue weighted by Crippen LogP contribution is 2.24. The van der Waals surface area contributed by atoms with Crippen molar-refractivity contribution in [1.82, 2.24) is 14.5 Å². The second-order valence-electron chi connectivity index (χ2n) is 8.63. The van der Waals surface area contributed by atoms with E-state index in [1.165, 1.54) is 0 Å². The number of unbranched alkanes of at least 4 members (excludes halogenated alkanes) is 1. The smallest absolute Gasteiger partial charge is 0.261 e. The summed E-state index contributed by atoms with van der Waals surface area (Å²) < 4.78 is 7.64. The van der Waals surface area contributed by atoms with Gasteiger partial charge in [-0.05, 0) is 43.5 Å². The molecule has 1 aliphatic rings. The summed E-state index contributed by atoms with van der Waals surface area (Å²) in [6.45, 7) is 4.71. The van der Waals surface area contributed by atoms with Crippen LogP contribution in [-0.4, -0.2) is 51.9 Å². The van der Waals surface area contributed by atoms with E-state index in [4.69, 9.17) is 9.72 Å². The summed E-state index contributed by atoms with van der Waals surface area (Å²) in [6.07, 6.45) is 4.14. The molecule has 1 aromatic heterocycles. The molecule has 1 aliphatic heterocycles. The summed E-state index contributed by atoms with van der Waals surface area (Å²) in [6, 6.07) is 17.4. The number of benzene rings is 2. The van der Waals surface area contributed by atoms with E-state index in [1.54, 1.807) is 0 Å². The number of aliphatic hydroxyl groups is 1. The molecule has 0 amide bonds. The Bertz CT molecular complexity index is 1060. The van der Waals surface area contributed by atoms with Crippen molar-refractivity contribution in [3.63, 3.8) is 0 Å². The number of fused-ring (bicyclic) bond motifs is 1. The van der Waals surface area contributed by atoms with Crippen LogP contribution in [0.4, 0.5) is 0 Å². The fraction of sp³-hybridized carbons (Fsp3) is 0.462. The Morgan fingerprint density at radius 2 is 1.81 bits per heavy atom. The lowest BCUT2D eigenvalue weighted by Gasteiger charge is -2.34. The number of hydrogen-bond acceptors (Lipinski definition) is 5. The molecule has 170 valence electrons. The second kappa shape index (κ2) is 10.7. The molecule has 2 aromatic carbocycles. The number of aliphatic hydroxyl groups excluding tert-OH is 1. The maximum absolute atomic E-state index is 13.3. The van der Waals surface area contributed by atoms with Crippen LogP contribution in [0.2, 0.25) is 0 Å². The zero-order chi connectivity index (χ0) is 22.3. The summed E-state index contributed by atoms with van der Waals surface area (Å²) in [5.74, 6) is 1.68. The highest BCUT2D eigenvalue weighted by atomic mass is 16.5. The fourth-order valence-electron chi connectivity index (χ4n) is 4.50. The van der Waals surface area contributed by atoms with Gasteiger partial charge in [-0.15, -0.1) is 0 Å². The lowest BCUT2D eigenvalue weighted by Crippen LogP contribution is -2.43. The van der Waals surface area contributed by atoms with Crippen LogP contribution in [0.5, 0.6) is 5.75 Å². The molecule has 0 bridgehead atoms. The molecule has 2 heterocycles. The number of piperidine rings is 1. The maximum atomic E-state index is 13.3. The van der Waals surface area contributed by atoms with E-state index in [0.717, 1.165) is 62.3 Å². The van der Waals surface area contributed by atoms with Gasteiger partial charge >= 0.3 is 0 Å². The fourth-order valence-corrected chi connectivity index (χ4v) is 4.50. The minimum absolute atomic E-state index is 0.0800. The van der Waals surface area contributed by atoms with Gasteiger partial charge in [-0.2, -0.15) is 0 Å². The Morgan fingerprint density at radius 1 is 1.09 bits per heavy atom. The molecule has 0 aliphatic carbocycles. The first-order valence-corrected chi connectivity index (χ1v) is 11.7. The van der Waals surface area contributed by atoms with Gasteiger partial charge in [-0.25, -0.2) is 4.98 Å². The van der Waals surface area contributed by atoms with E-state index in [9.17, 15) is 9.90 Å². The molecule has 1 N–H and O–H groups in total. The van der Waals surface area contributed by atoms with E-state index in [0.29, 0.717) is 11.9 Å². The van der Waals surface area contributed by atoms with Crippen molar-refractivity contribution in [2.45, 2.75) is 51.2 Å². The zero-order valence-electron chi connectivity index (χ0n) is 18.8. The average Bonchev–Trinajstić information content (AvgIpc) is 2.83. The van der Waals surface area contributed by atoms with Crippen LogP contribution in [-0.2, 0) is 6.42 Å². The van der Waals surface area contributed by atoms with Gasteiger partial charge in [-0.1, -0.05) is 43.7 Å². The van der Waals surface area contributed by atoms with Crippen molar-refractivity contribution in [2.24, 2.45) is 0 Å². The maximum Gasteiger partial charge on any atom is 0.261 e. The van der Waals surface area contributed by atoms with Crippen LogP contribution in [0.1, 0.15) is 44.5 Å². The Kier molecular flexibility index (Phi) is 7.55. The second-order valence-corrected chi connectivity index (χ2v) is 8.63.